The summed E-state index contributed by atoms with van der Waals surface area (Å²) in [4.78, 5) is 1.29. The monoisotopic (exact) mass is 829 g/mol. The molecule has 0 amide bonds. The van der Waals surface area contributed by atoms with Gasteiger partial charge in [-0.05, 0) is 49.8 Å². The Morgan fingerprint density at radius 2 is 1.11 bits per heavy atom. The number of aromatic nitrogens is 4. The minimum absolute atomic E-state index is 0.287. The topological polar surface area (TPSA) is 46.6 Å². The number of benzene rings is 2. The molecule has 1 N–H and O–H groups in total. The van der Waals surface area contributed by atoms with Crippen LogP contribution in [0, 0.1) is 0 Å². The molecule has 1 heterocycles. The Kier molecular flexibility index (Phi) is 10.2. The van der Waals surface area contributed by atoms with Crippen LogP contribution < -0.4 is 10.00 Å². The number of anilines is 1. The van der Waals surface area contributed by atoms with Crippen LogP contribution >= 0.6 is 123 Å². The summed E-state index contributed by atoms with van der Waals surface area (Å²) >= 11 is 37.5. The molecule has 35 heavy (non-hydrogen) atoms. The van der Waals surface area contributed by atoms with Crippen LogP contribution in [0.1, 0.15) is 20.8 Å². The molecule has 18 heteroatoms. The Balaban J connectivity index is 0.000000540. The Labute approximate surface area is 251 Å². The van der Waals surface area contributed by atoms with Crippen LogP contribution in [-0.4, -0.2) is 29.8 Å². The molecule has 0 saturated heterocycles. The van der Waals surface area contributed by atoms with Crippen LogP contribution in [0.25, 0.3) is 11.4 Å². The first-order valence-corrected chi connectivity index (χ1v) is 30.6. The van der Waals surface area contributed by atoms with E-state index in [2.05, 4.69) is 15.6 Å². The Morgan fingerprint density at radius 1 is 0.743 bits per heavy atom. The number of rotatable bonds is 3. The van der Waals surface area contributed by atoms with E-state index in [4.69, 9.17) is 123 Å². The van der Waals surface area contributed by atoms with Crippen molar-refractivity contribution >= 4 is 138 Å². The van der Waals surface area contributed by atoms with Crippen molar-refractivity contribution in [3.05, 3.63) is 54.4 Å². The van der Waals surface area contributed by atoms with Gasteiger partial charge >= 0.3 is 68.1 Å². The number of tetrazole rings is 1. The predicted molar refractivity (Wildman–Crippen MR) is 157 cm³/mol. The summed E-state index contributed by atoms with van der Waals surface area (Å²) in [6.07, 6.45) is 0. The number of nitrogens with one attached hydrogen (secondary N) is 1. The van der Waals surface area contributed by atoms with E-state index < -0.39 is 9.14 Å². The van der Waals surface area contributed by atoms with E-state index in [9.17, 15) is 0 Å². The molecule has 0 saturated carbocycles. The summed E-state index contributed by atoms with van der Waals surface area (Å²) in [5, 5.41) is 14.2. The van der Waals surface area contributed by atoms with E-state index >= 15 is 0 Å². The predicted octanol–water partition coefficient (Wildman–Crippen LogP) is 10.4. The maximum absolute atomic E-state index is 6.39. The van der Waals surface area contributed by atoms with Crippen LogP contribution in [-0.2, 0) is 0 Å². The van der Waals surface area contributed by atoms with E-state index in [0.717, 1.165) is 0 Å². The fourth-order valence-corrected chi connectivity index (χ4v) is 4.35. The Bertz CT molecular complexity index is 1210. The van der Waals surface area contributed by atoms with Gasteiger partial charge in [0.2, 0.25) is 0 Å². The molecule has 0 aliphatic rings. The zero-order valence-electron chi connectivity index (χ0n) is 17.6. The SMILES string of the molecule is CC(C)(C)Nc1nn(-c2c(Cl)cc(Cl)cc2Cl)n[n+]1-c1c(Cl)cc(Cl)cc1Cl.[Cl][Sb-]([Cl])([Cl])([Cl])([Cl])[Cl]. The molecule has 5 nitrogen and oxygen atoms in total. The van der Waals surface area contributed by atoms with Crippen LogP contribution in [0.4, 0.5) is 5.95 Å². The molecule has 3 rings (SSSR count). The number of halogens is 12. The molecule has 3 aromatic rings. The van der Waals surface area contributed by atoms with Gasteiger partial charge in [0, 0.05) is 15.3 Å². The van der Waals surface area contributed by atoms with E-state index in [1.165, 1.54) is 9.48 Å². The van der Waals surface area contributed by atoms with Crippen LogP contribution in [0.5, 0.6) is 0 Å². The quantitative estimate of drug-likeness (QED) is 0.211. The normalized spacial score (nSPS) is 14.0. The van der Waals surface area contributed by atoms with Gasteiger partial charge in [-0.25, -0.2) is 0 Å². The van der Waals surface area contributed by atoms with Crippen molar-refractivity contribution < 1.29 is 4.68 Å². The standard InChI is InChI=1S/C17H14Cl6N5.6ClH.Sb/c1-17(2,3)24-16-25-28(15-12(22)6-9(19)7-13(15)23)26-27(16)14-10(20)4-8(18)5-11(14)21;;;;;;;/h4-7H,1-3H3,(H,24,25,26);6*1H;/q+1;;;;;;;+5/p-6. The molecular weight excluding hydrogens is 821 g/mol. The first-order chi connectivity index (χ1) is 15.4. The van der Waals surface area contributed by atoms with Crippen molar-refractivity contribution in [1.29, 1.82) is 0 Å². The average Bonchev–Trinajstić information content (AvgIpc) is 2.90. The van der Waals surface area contributed by atoms with Gasteiger partial charge in [-0.3, -0.25) is 5.32 Å². The Hall–Kier alpha value is 1.61. The van der Waals surface area contributed by atoms with E-state index in [-0.39, 0.29) is 15.6 Å². The molecule has 2 aromatic carbocycles. The van der Waals surface area contributed by atoms with Gasteiger partial charge in [-0.2, -0.15) is 0 Å². The first kappa shape index (κ1) is 32.8. The van der Waals surface area contributed by atoms with Gasteiger partial charge in [0.15, 0.2) is 11.4 Å². The van der Waals surface area contributed by atoms with E-state index in [1.807, 2.05) is 20.8 Å². The fourth-order valence-electron chi connectivity index (χ4n) is 2.40. The Morgan fingerprint density at radius 3 is 1.49 bits per heavy atom. The molecule has 0 unspecified atom stereocenters. The maximum atomic E-state index is 6.39. The molecular formula is C17H14Cl12N5Sb. The molecule has 0 atom stereocenters. The van der Waals surface area contributed by atoms with Gasteiger partial charge in [-0.15, -0.1) is 0 Å². The third kappa shape index (κ3) is 11.7. The van der Waals surface area contributed by atoms with Crippen molar-refractivity contribution in [2.24, 2.45) is 0 Å². The van der Waals surface area contributed by atoms with Gasteiger partial charge in [-0.1, -0.05) is 74.3 Å². The van der Waals surface area contributed by atoms with Crippen molar-refractivity contribution in [3.8, 4) is 11.4 Å². The summed E-state index contributed by atoms with van der Waals surface area (Å²) in [6, 6.07) is 6.24. The third-order valence-electron chi connectivity index (χ3n) is 3.43. The van der Waals surface area contributed by atoms with Gasteiger partial charge in [0.05, 0.1) is 30.7 Å². The van der Waals surface area contributed by atoms with Crippen molar-refractivity contribution in [2.75, 3.05) is 5.32 Å². The second-order valence-electron chi connectivity index (χ2n) is 7.88. The second-order valence-corrected chi connectivity index (χ2v) is 67.3. The van der Waals surface area contributed by atoms with E-state index in [0.29, 0.717) is 37.4 Å². The molecule has 1 aromatic heterocycles. The third-order valence-corrected chi connectivity index (χ3v) is 5.02. The van der Waals surface area contributed by atoms with Crippen LogP contribution in [0.2, 0.25) is 30.1 Å². The molecule has 0 fully saturated rings. The van der Waals surface area contributed by atoms with Gasteiger partial charge in [0.25, 0.3) is 0 Å². The summed E-state index contributed by atoms with van der Waals surface area (Å²) in [5.74, 6) is 0.376. The summed E-state index contributed by atoms with van der Waals surface area (Å²) in [5.41, 5.74) is 0.443. The van der Waals surface area contributed by atoms with Crippen LogP contribution in [0.3, 0.4) is 0 Å². The zero-order chi connectivity index (χ0) is 27.2. The van der Waals surface area contributed by atoms with Crippen molar-refractivity contribution in [2.45, 2.75) is 26.3 Å². The zero-order valence-corrected chi connectivity index (χ0v) is 29.2. The molecule has 0 aliphatic carbocycles. The van der Waals surface area contributed by atoms with E-state index in [1.54, 1.807) is 24.3 Å². The van der Waals surface area contributed by atoms with Gasteiger partial charge < -0.3 is 0 Å². The fraction of sp³-hybridized carbons (Fsp3) is 0.235. The van der Waals surface area contributed by atoms with Crippen molar-refractivity contribution in [1.82, 2.24) is 15.1 Å². The second kappa shape index (κ2) is 10.9. The molecule has 0 spiro atoms. The molecule has 0 aliphatic heterocycles. The van der Waals surface area contributed by atoms with Gasteiger partial charge in [0.1, 0.15) is 0 Å². The number of hydrogen-bond acceptors (Lipinski definition) is 3. The first-order valence-electron chi connectivity index (χ1n) is 8.95. The summed E-state index contributed by atoms with van der Waals surface area (Å²) in [6.45, 7) is 5.93. The molecule has 0 radical (unpaired) electrons. The van der Waals surface area contributed by atoms with Crippen molar-refractivity contribution in [3.63, 3.8) is 0 Å². The van der Waals surface area contributed by atoms with Crippen LogP contribution in [0.15, 0.2) is 24.3 Å². The molecule has 196 valence electrons. The summed E-state index contributed by atoms with van der Waals surface area (Å²) < 4.78 is 1.47. The molecule has 0 bridgehead atoms. The average molecular weight is 836 g/mol. The number of hydrogen-bond donors (Lipinski definition) is 1. The minimum atomic E-state index is -5.42. The number of nitrogens with zero attached hydrogens (tertiary/aromatic N) is 4. The summed E-state index contributed by atoms with van der Waals surface area (Å²) in [7, 11) is 25.0.